The fraction of sp³-hybridized carbons (Fsp3) is 0.417. The maximum Gasteiger partial charge on any atom is 0.0916 e. The summed E-state index contributed by atoms with van der Waals surface area (Å²) in [5.41, 5.74) is 7.10. The molecule has 0 saturated heterocycles. The lowest BCUT2D eigenvalue weighted by Gasteiger charge is -2.19. The van der Waals surface area contributed by atoms with Crippen LogP contribution in [0.15, 0.2) is 24.3 Å². The van der Waals surface area contributed by atoms with Crippen molar-refractivity contribution in [1.29, 1.82) is 5.26 Å². The number of anilines is 1. The van der Waals surface area contributed by atoms with Gasteiger partial charge in [-0.1, -0.05) is 12.1 Å². The summed E-state index contributed by atoms with van der Waals surface area (Å²) in [4.78, 5) is 1.93. The molecule has 3 N–H and O–H groups in total. The van der Waals surface area contributed by atoms with E-state index in [9.17, 15) is 5.11 Å². The molecule has 0 aliphatic carbocycles. The minimum Gasteiger partial charge on any atom is -0.399 e. The lowest BCUT2D eigenvalue weighted by molar-refractivity contribution is 0.128. The van der Waals surface area contributed by atoms with Gasteiger partial charge in [-0.15, -0.1) is 0 Å². The number of benzene rings is 1. The fourth-order valence-electron chi connectivity index (χ4n) is 1.45. The Kier molecular flexibility index (Phi) is 4.77. The Labute approximate surface area is 95.9 Å². The number of nitrogen functional groups attached to an aromatic ring is 1. The van der Waals surface area contributed by atoms with Crippen LogP contribution in [-0.2, 0) is 0 Å². The molecule has 0 aromatic heterocycles. The first kappa shape index (κ1) is 12.5. The molecule has 0 aliphatic heterocycles. The van der Waals surface area contributed by atoms with E-state index in [2.05, 4.69) is 6.07 Å². The predicted octanol–water partition coefficient (Wildman–Crippen LogP) is 1.15. The van der Waals surface area contributed by atoms with Crippen molar-refractivity contribution >= 4 is 5.69 Å². The van der Waals surface area contributed by atoms with Crippen LogP contribution in [-0.4, -0.2) is 30.1 Å². The molecule has 0 radical (unpaired) electrons. The van der Waals surface area contributed by atoms with E-state index in [4.69, 9.17) is 11.0 Å². The molecule has 86 valence electrons. The van der Waals surface area contributed by atoms with Crippen LogP contribution < -0.4 is 5.73 Å². The van der Waals surface area contributed by atoms with Crippen LogP contribution in [0, 0.1) is 11.3 Å². The van der Waals surface area contributed by atoms with Crippen molar-refractivity contribution in [1.82, 2.24) is 4.90 Å². The number of hydrogen-bond donors (Lipinski definition) is 2. The van der Waals surface area contributed by atoms with E-state index >= 15 is 0 Å². The topological polar surface area (TPSA) is 73.3 Å². The predicted molar refractivity (Wildman–Crippen MR) is 63.5 cm³/mol. The molecule has 1 atom stereocenters. The van der Waals surface area contributed by atoms with Crippen LogP contribution in [0.25, 0.3) is 0 Å². The minimum atomic E-state index is -0.538. The van der Waals surface area contributed by atoms with E-state index in [1.807, 2.05) is 24.1 Å². The Morgan fingerprint density at radius 3 is 2.62 bits per heavy atom. The van der Waals surface area contributed by atoms with E-state index in [1.54, 1.807) is 12.1 Å². The number of nitrogens with zero attached hydrogens (tertiary/aromatic N) is 2. The van der Waals surface area contributed by atoms with Crippen molar-refractivity contribution in [2.45, 2.75) is 12.5 Å². The van der Waals surface area contributed by atoms with E-state index in [0.29, 0.717) is 25.2 Å². The molecule has 4 heteroatoms. The van der Waals surface area contributed by atoms with Crippen LogP contribution in [0.5, 0.6) is 0 Å². The fourth-order valence-corrected chi connectivity index (χ4v) is 1.45. The van der Waals surface area contributed by atoms with E-state index in [-0.39, 0.29) is 0 Å². The third kappa shape index (κ3) is 3.89. The van der Waals surface area contributed by atoms with Crippen molar-refractivity contribution < 1.29 is 5.11 Å². The Bertz CT molecular complexity index is 356. The van der Waals surface area contributed by atoms with Gasteiger partial charge >= 0.3 is 0 Å². The second kappa shape index (κ2) is 6.11. The molecule has 0 heterocycles. The molecule has 16 heavy (non-hydrogen) atoms. The van der Waals surface area contributed by atoms with Gasteiger partial charge in [0.1, 0.15) is 0 Å². The van der Waals surface area contributed by atoms with Gasteiger partial charge in [0.05, 0.1) is 12.2 Å². The number of aliphatic hydroxyl groups is 1. The lowest BCUT2D eigenvalue weighted by atomic mass is 10.1. The summed E-state index contributed by atoms with van der Waals surface area (Å²) in [5.74, 6) is 0. The molecule has 4 nitrogen and oxygen atoms in total. The van der Waals surface area contributed by atoms with Crippen molar-refractivity contribution in [3.8, 4) is 6.07 Å². The molecular weight excluding hydrogens is 202 g/mol. The highest BCUT2D eigenvalue weighted by atomic mass is 16.3. The largest absolute Gasteiger partial charge is 0.399 e. The van der Waals surface area contributed by atoms with Gasteiger partial charge in [-0.2, -0.15) is 5.26 Å². The second-order valence-corrected chi connectivity index (χ2v) is 3.85. The highest BCUT2D eigenvalue weighted by Crippen LogP contribution is 2.15. The lowest BCUT2D eigenvalue weighted by Crippen LogP contribution is -2.25. The molecule has 0 fully saturated rings. The van der Waals surface area contributed by atoms with Crippen LogP contribution in [0.4, 0.5) is 5.69 Å². The summed E-state index contributed by atoms with van der Waals surface area (Å²) in [7, 11) is 1.89. The molecule has 0 amide bonds. The van der Waals surface area contributed by atoms with Gasteiger partial charge in [0.25, 0.3) is 0 Å². The number of rotatable bonds is 5. The molecule has 1 aromatic rings. The van der Waals surface area contributed by atoms with Crippen LogP contribution >= 0.6 is 0 Å². The third-order valence-electron chi connectivity index (χ3n) is 2.41. The Morgan fingerprint density at radius 1 is 1.44 bits per heavy atom. The number of likely N-dealkylation sites (N-methyl/N-ethyl adjacent to an activating group) is 1. The molecule has 0 saturated carbocycles. The van der Waals surface area contributed by atoms with Crippen molar-refractivity contribution in [2.75, 3.05) is 25.9 Å². The third-order valence-corrected chi connectivity index (χ3v) is 2.41. The SMILES string of the molecule is CN(CCC#N)CC(O)c1ccc(N)cc1. The van der Waals surface area contributed by atoms with Crippen molar-refractivity contribution in [3.05, 3.63) is 29.8 Å². The van der Waals surface area contributed by atoms with E-state index < -0.39 is 6.10 Å². The minimum absolute atomic E-state index is 0.477. The molecule has 1 unspecified atom stereocenters. The summed E-state index contributed by atoms with van der Waals surface area (Å²) in [6.45, 7) is 1.19. The number of hydrogen-bond acceptors (Lipinski definition) is 4. The van der Waals surface area contributed by atoms with Gasteiger partial charge in [0.15, 0.2) is 0 Å². The van der Waals surface area contributed by atoms with Crippen LogP contribution in [0.1, 0.15) is 18.1 Å². The summed E-state index contributed by atoms with van der Waals surface area (Å²) in [6, 6.07) is 9.26. The number of aliphatic hydroxyl groups excluding tert-OH is 1. The summed E-state index contributed by atoms with van der Waals surface area (Å²) in [6.07, 6.45) is -0.0606. The molecule has 0 aliphatic rings. The average molecular weight is 219 g/mol. The maximum absolute atomic E-state index is 9.92. The van der Waals surface area contributed by atoms with E-state index in [0.717, 1.165) is 5.56 Å². The molecule has 0 spiro atoms. The Morgan fingerprint density at radius 2 is 2.06 bits per heavy atom. The normalized spacial score (nSPS) is 12.4. The Balaban J connectivity index is 2.49. The van der Waals surface area contributed by atoms with Gasteiger partial charge in [0.2, 0.25) is 0 Å². The zero-order valence-corrected chi connectivity index (χ0v) is 9.43. The average Bonchev–Trinajstić information content (AvgIpc) is 2.27. The molecule has 0 bridgehead atoms. The first-order chi connectivity index (χ1) is 7.63. The van der Waals surface area contributed by atoms with Crippen LogP contribution in [0.2, 0.25) is 0 Å². The van der Waals surface area contributed by atoms with Gasteiger partial charge < -0.3 is 15.7 Å². The Hall–Kier alpha value is -1.57. The summed E-state index contributed by atoms with van der Waals surface area (Å²) in [5, 5.41) is 18.4. The maximum atomic E-state index is 9.92. The summed E-state index contributed by atoms with van der Waals surface area (Å²) >= 11 is 0. The molecule has 1 aromatic carbocycles. The van der Waals surface area contributed by atoms with Gasteiger partial charge in [-0.25, -0.2) is 0 Å². The van der Waals surface area contributed by atoms with Crippen molar-refractivity contribution in [2.24, 2.45) is 0 Å². The quantitative estimate of drug-likeness (QED) is 0.728. The smallest absolute Gasteiger partial charge is 0.0916 e. The van der Waals surface area contributed by atoms with Crippen molar-refractivity contribution in [3.63, 3.8) is 0 Å². The zero-order chi connectivity index (χ0) is 12.0. The van der Waals surface area contributed by atoms with Crippen LogP contribution in [0.3, 0.4) is 0 Å². The first-order valence-corrected chi connectivity index (χ1v) is 5.22. The first-order valence-electron chi connectivity index (χ1n) is 5.22. The number of nitrogens with two attached hydrogens (primary N) is 1. The number of nitriles is 1. The van der Waals surface area contributed by atoms with Gasteiger partial charge in [0, 0.05) is 25.2 Å². The molecule has 1 rings (SSSR count). The standard InChI is InChI=1S/C12H17N3O/c1-15(8-2-7-13)9-12(16)10-3-5-11(14)6-4-10/h3-6,12,16H,2,8-9,14H2,1H3. The second-order valence-electron chi connectivity index (χ2n) is 3.85. The summed E-state index contributed by atoms with van der Waals surface area (Å²) < 4.78 is 0. The monoisotopic (exact) mass is 219 g/mol. The molecular formula is C12H17N3O. The van der Waals surface area contributed by atoms with E-state index in [1.165, 1.54) is 0 Å². The zero-order valence-electron chi connectivity index (χ0n) is 9.43. The highest BCUT2D eigenvalue weighted by molar-refractivity contribution is 5.39. The van der Waals surface area contributed by atoms with Gasteiger partial charge in [-0.3, -0.25) is 0 Å². The van der Waals surface area contributed by atoms with Gasteiger partial charge in [-0.05, 0) is 24.7 Å². The highest BCUT2D eigenvalue weighted by Gasteiger charge is 2.09.